The van der Waals surface area contributed by atoms with E-state index in [1.807, 2.05) is 12.1 Å². The zero-order chi connectivity index (χ0) is 20.1. The summed E-state index contributed by atoms with van der Waals surface area (Å²) < 4.78 is 13.3. The highest BCUT2D eigenvalue weighted by Crippen LogP contribution is 2.42. The molecule has 1 aromatic heterocycles. The molecule has 1 heterocycles. The smallest absolute Gasteiger partial charge is 0.248 e. The van der Waals surface area contributed by atoms with Gasteiger partial charge in [-0.25, -0.2) is 4.39 Å². The van der Waals surface area contributed by atoms with Gasteiger partial charge in [0, 0.05) is 18.0 Å². The normalized spacial score (nSPS) is 20.8. The number of allylic oxidation sites excluding steroid dienone is 2. The quantitative estimate of drug-likeness (QED) is 0.665. The summed E-state index contributed by atoms with van der Waals surface area (Å²) in [7, 11) is 0. The minimum absolute atomic E-state index is 0.158. The molecule has 5 heteroatoms. The first-order chi connectivity index (χ1) is 13.4. The summed E-state index contributed by atoms with van der Waals surface area (Å²) in [4.78, 5) is 18.7. The molecule has 3 N–H and O–H groups in total. The van der Waals surface area contributed by atoms with Crippen molar-refractivity contribution in [3.05, 3.63) is 81.7 Å². The van der Waals surface area contributed by atoms with Crippen molar-refractivity contribution in [2.45, 2.75) is 39.7 Å². The summed E-state index contributed by atoms with van der Waals surface area (Å²) >= 11 is 0. The molecule has 1 aliphatic carbocycles. The Morgan fingerprint density at radius 3 is 2.71 bits per heavy atom. The fraction of sp³-hybridized carbons (Fsp3) is 0.391. The molecule has 3 atom stereocenters. The highest BCUT2D eigenvalue weighted by atomic mass is 19.1. The van der Waals surface area contributed by atoms with Crippen LogP contribution in [0.2, 0.25) is 0 Å². The number of hydrogen-bond acceptors (Lipinski definition) is 3. The maximum Gasteiger partial charge on any atom is 0.248 e. The van der Waals surface area contributed by atoms with Crippen molar-refractivity contribution < 1.29 is 4.39 Å². The van der Waals surface area contributed by atoms with Gasteiger partial charge in [-0.1, -0.05) is 13.8 Å². The number of halogens is 1. The molecule has 28 heavy (non-hydrogen) atoms. The topological polar surface area (TPSA) is 71.2 Å². The van der Waals surface area contributed by atoms with Crippen LogP contribution in [0.4, 0.5) is 4.39 Å². The molecule has 0 saturated heterocycles. The third kappa shape index (κ3) is 5.65. The molecular weight excluding hydrogens is 353 g/mol. The Balaban J connectivity index is 1.79. The lowest BCUT2D eigenvalue weighted by Gasteiger charge is -2.13. The first-order valence-electron chi connectivity index (χ1n) is 9.87. The van der Waals surface area contributed by atoms with E-state index < -0.39 is 0 Å². The summed E-state index contributed by atoms with van der Waals surface area (Å²) in [5.41, 5.74) is 9.31. The van der Waals surface area contributed by atoms with Crippen LogP contribution < -0.4 is 11.3 Å². The lowest BCUT2D eigenvalue weighted by atomic mass is 9.97. The molecule has 148 valence electrons. The Kier molecular flexibility index (Phi) is 6.45. The van der Waals surface area contributed by atoms with Gasteiger partial charge < -0.3 is 10.7 Å². The van der Waals surface area contributed by atoms with Crippen LogP contribution in [0.1, 0.15) is 44.2 Å². The van der Waals surface area contributed by atoms with Crippen LogP contribution in [0, 0.1) is 23.6 Å². The molecule has 4 nitrogen and oxygen atoms in total. The average Bonchev–Trinajstić information content (AvgIpc) is 3.39. The number of nitrogens with zero attached hydrogens (tertiary/aromatic N) is 1. The number of rotatable bonds is 8. The Bertz CT molecular complexity index is 914. The highest BCUT2D eigenvalue weighted by Gasteiger charge is 2.32. The van der Waals surface area contributed by atoms with Gasteiger partial charge in [-0.3, -0.25) is 9.79 Å². The molecule has 0 aliphatic heterocycles. The first kappa shape index (κ1) is 20.1. The number of pyridine rings is 1. The van der Waals surface area contributed by atoms with Gasteiger partial charge in [-0.15, -0.1) is 0 Å². The van der Waals surface area contributed by atoms with E-state index in [0.717, 1.165) is 35.1 Å². The summed E-state index contributed by atoms with van der Waals surface area (Å²) in [6, 6.07) is 9.58. The van der Waals surface area contributed by atoms with Crippen molar-refractivity contribution in [2.24, 2.45) is 28.5 Å². The second-order valence-electron chi connectivity index (χ2n) is 7.87. The monoisotopic (exact) mass is 381 g/mol. The SMILES string of the molecule is CC(CC[C@H]1CC1C)/C(N)=C/C(=NCc1cc[nH]c(=O)c1)c1ccc(F)cc1. The van der Waals surface area contributed by atoms with Crippen molar-refractivity contribution in [3.63, 3.8) is 0 Å². The minimum atomic E-state index is -0.290. The highest BCUT2D eigenvalue weighted by molar-refractivity contribution is 6.09. The molecule has 3 rings (SSSR count). The largest absolute Gasteiger partial charge is 0.402 e. The van der Waals surface area contributed by atoms with E-state index in [4.69, 9.17) is 5.73 Å². The van der Waals surface area contributed by atoms with Crippen molar-refractivity contribution in [1.29, 1.82) is 0 Å². The van der Waals surface area contributed by atoms with Crippen molar-refractivity contribution in [2.75, 3.05) is 0 Å². The standard InChI is InChI=1S/C23H28FN3O/c1-15(3-4-19-11-16(19)2)21(25)13-22(18-5-7-20(24)8-6-18)27-14-17-9-10-26-23(28)12-17/h5-10,12-13,15-16,19H,3-4,11,14,25H2,1-2H3,(H,26,28)/b21-13-,27-22?/t15?,16?,19-/m0/s1. The summed E-state index contributed by atoms with van der Waals surface area (Å²) in [5, 5.41) is 0. The van der Waals surface area contributed by atoms with Crippen LogP contribution in [0.5, 0.6) is 0 Å². The molecule has 0 amide bonds. The van der Waals surface area contributed by atoms with Crippen molar-refractivity contribution >= 4 is 5.71 Å². The molecular formula is C23H28FN3O. The number of H-pyrrole nitrogens is 1. The molecule has 0 spiro atoms. The van der Waals surface area contributed by atoms with Crippen molar-refractivity contribution in [1.82, 2.24) is 4.98 Å². The van der Waals surface area contributed by atoms with Gasteiger partial charge in [0.25, 0.3) is 0 Å². The van der Waals surface area contributed by atoms with Crippen LogP contribution in [0.15, 0.2) is 64.2 Å². The van der Waals surface area contributed by atoms with E-state index in [-0.39, 0.29) is 17.3 Å². The van der Waals surface area contributed by atoms with Crippen LogP contribution >= 0.6 is 0 Å². The van der Waals surface area contributed by atoms with E-state index in [0.29, 0.717) is 12.3 Å². The van der Waals surface area contributed by atoms with E-state index in [1.165, 1.54) is 31.0 Å². The molecule has 1 aliphatic rings. The summed E-state index contributed by atoms with van der Waals surface area (Å²) in [6.07, 6.45) is 7.08. The van der Waals surface area contributed by atoms with Crippen LogP contribution in [0.25, 0.3) is 0 Å². The zero-order valence-electron chi connectivity index (χ0n) is 16.5. The minimum Gasteiger partial charge on any atom is -0.402 e. The molecule has 2 unspecified atom stereocenters. The Labute approximate surface area is 165 Å². The van der Waals surface area contributed by atoms with Gasteiger partial charge in [0.1, 0.15) is 5.82 Å². The Hall–Kier alpha value is -2.69. The van der Waals surface area contributed by atoms with Gasteiger partial charge in [0.15, 0.2) is 0 Å². The number of benzene rings is 1. The lowest BCUT2D eigenvalue weighted by Crippen LogP contribution is -2.12. The Morgan fingerprint density at radius 1 is 1.36 bits per heavy atom. The Morgan fingerprint density at radius 2 is 2.07 bits per heavy atom. The predicted octanol–water partition coefficient (Wildman–Crippen LogP) is 4.42. The van der Waals surface area contributed by atoms with E-state index >= 15 is 0 Å². The van der Waals surface area contributed by atoms with Gasteiger partial charge in [-0.2, -0.15) is 0 Å². The number of hydrogen-bond donors (Lipinski definition) is 2. The van der Waals surface area contributed by atoms with E-state index in [2.05, 4.69) is 23.8 Å². The van der Waals surface area contributed by atoms with E-state index in [1.54, 1.807) is 18.3 Å². The summed E-state index contributed by atoms with van der Waals surface area (Å²) in [5.74, 6) is 1.67. The molecule has 1 aromatic carbocycles. The van der Waals surface area contributed by atoms with Gasteiger partial charge in [0.2, 0.25) is 5.56 Å². The average molecular weight is 381 g/mol. The molecule has 2 aromatic rings. The summed E-state index contributed by atoms with van der Waals surface area (Å²) in [6.45, 7) is 4.79. The third-order valence-corrected chi connectivity index (χ3v) is 5.53. The van der Waals surface area contributed by atoms with Gasteiger partial charge in [0.05, 0.1) is 12.3 Å². The van der Waals surface area contributed by atoms with Crippen LogP contribution in [-0.2, 0) is 6.54 Å². The number of nitrogens with two attached hydrogens (primary N) is 1. The first-order valence-corrected chi connectivity index (χ1v) is 9.87. The molecule has 1 saturated carbocycles. The predicted molar refractivity (Wildman–Crippen MR) is 112 cm³/mol. The maximum absolute atomic E-state index is 13.3. The molecule has 1 fully saturated rings. The number of aromatic nitrogens is 1. The van der Waals surface area contributed by atoms with Crippen LogP contribution in [0.3, 0.4) is 0 Å². The second-order valence-corrected chi connectivity index (χ2v) is 7.87. The number of nitrogens with one attached hydrogen (secondary N) is 1. The zero-order valence-corrected chi connectivity index (χ0v) is 16.5. The van der Waals surface area contributed by atoms with E-state index in [9.17, 15) is 9.18 Å². The fourth-order valence-electron chi connectivity index (χ4n) is 3.34. The fourth-order valence-corrected chi connectivity index (χ4v) is 3.34. The number of aliphatic imine (C=N–C) groups is 1. The van der Waals surface area contributed by atoms with Crippen LogP contribution in [-0.4, -0.2) is 10.7 Å². The third-order valence-electron chi connectivity index (χ3n) is 5.53. The maximum atomic E-state index is 13.3. The van der Waals surface area contributed by atoms with Gasteiger partial charge in [-0.05, 0) is 84.6 Å². The number of aromatic amines is 1. The van der Waals surface area contributed by atoms with Crippen molar-refractivity contribution in [3.8, 4) is 0 Å². The lowest BCUT2D eigenvalue weighted by molar-refractivity contribution is 0.529. The molecule has 0 radical (unpaired) electrons. The van der Waals surface area contributed by atoms with Gasteiger partial charge >= 0.3 is 0 Å². The molecule has 0 bridgehead atoms. The second kappa shape index (κ2) is 9.00.